The minimum atomic E-state index is -0.334. The third kappa shape index (κ3) is 3.47. The molecule has 0 fully saturated rings. The van der Waals surface area contributed by atoms with Crippen molar-refractivity contribution in [1.29, 1.82) is 0 Å². The van der Waals surface area contributed by atoms with Crippen LogP contribution in [0.2, 0.25) is 0 Å². The molecule has 0 aliphatic heterocycles. The number of H-pyrrole nitrogens is 1. The van der Waals surface area contributed by atoms with Gasteiger partial charge in [-0.25, -0.2) is 4.79 Å². The van der Waals surface area contributed by atoms with Crippen LogP contribution < -0.4 is 11.2 Å². The molecule has 2 rings (SSSR count). The highest BCUT2D eigenvalue weighted by molar-refractivity contribution is 5.26. The predicted octanol–water partition coefficient (Wildman–Crippen LogP) is 2.48. The van der Waals surface area contributed by atoms with Crippen LogP contribution in [0.25, 0.3) is 0 Å². The van der Waals surface area contributed by atoms with Gasteiger partial charge < -0.3 is 0 Å². The maximum Gasteiger partial charge on any atom is 0.328 e. The van der Waals surface area contributed by atoms with Crippen LogP contribution in [0.5, 0.6) is 0 Å². The molecule has 0 aliphatic carbocycles. The van der Waals surface area contributed by atoms with E-state index >= 15 is 0 Å². The highest BCUT2D eigenvalue weighted by Gasteiger charge is 2.10. The van der Waals surface area contributed by atoms with Crippen LogP contribution in [0.15, 0.2) is 39.9 Å². The molecule has 0 atom stereocenters. The number of nitrogens with zero attached hydrogens (tertiary/aromatic N) is 1. The molecule has 0 aliphatic rings. The summed E-state index contributed by atoms with van der Waals surface area (Å²) in [5.41, 5.74) is 1.86. The van der Waals surface area contributed by atoms with Crippen molar-refractivity contribution in [3.05, 3.63) is 68.0 Å². The van der Waals surface area contributed by atoms with Crippen molar-refractivity contribution in [1.82, 2.24) is 9.55 Å². The number of nitrogens with one attached hydrogen (secondary N) is 1. The summed E-state index contributed by atoms with van der Waals surface area (Å²) in [5, 5.41) is 0. The van der Waals surface area contributed by atoms with E-state index < -0.39 is 0 Å². The molecule has 4 heteroatoms. The van der Waals surface area contributed by atoms with E-state index in [2.05, 4.69) is 4.98 Å². The van der Waals surface area contributed by atoms with Crippen molar-refractivity contribution >= 4 is 0 Å². The lowest BCUT2D eigenvalue weighted by molar-refractivity contribution is 0.649. The van der Waals surface area contributed by atoms with Gasteiger partial charge in [0, 0.05) is 24.2 Å². The Morgan fingerprint density at radius 1 is 1.10 bits per heavy atom. The van der Waals surface area contributed by atoms with Gasteiger partial charge in [-0.2, -0.15) is 0 Å². The summed E-state index contributed by atoms with van der Waals surface area (Å²) in [5.74, 6) is 0. The van der Waals surface area contributed by atoms with Crippen LogP contribution in [0.1, 0.15) is 37.6 Å². The number of hydrogen-bond donors (Lipinski definition) is 1. The van der Waals surface area contributed by atoms with Gasteiger partial charge in [-0.1, -0.05) is 44.2 Å². The van der Waals surface area contributed by atoms with E-state index in [1.165, 1.54) is 0 Å². The number of hydrogen-bond acceptors (Lipinski definition) is 2. The van der Waals surface area contributed by atoms with Crippen LogP contribution >= 0.6 is 0 Å². The largest absolute Gasteiger partial charge is 0.328 e. The highest BCUT2D eigenvalue weighted by Crippen LogP contribution is 2.09. The van der Waals surface area contributed by atoms with E-state index in [0.717, 1.165) is 11.3 Å². The summed E-state index contributed by atoms with van der Waals surface area (Å²) in [4.78, 5) is 25.7. The van der Waals surface area contributed by atoms with E-state index in [4.69, 9.17) is 0 Å². The Kier molecular flexibility index (Phi) is 5.97. The molecular formula is C16H22N2O2. The molecule has 0 saturated heterocycles. The van der Waals surface area contributed by atoms with Gasteiger partial charge in [0.2, 0.25) is 0 Å². The van der Waals surface area contributed by atoms with Gasteiger partial charge in [-0.3, -0.25) is 14.3 Å². The van der Waals surface area contributed by atoms with Crippen molar-refractivity contribution < 1.29 is 0 Å². The third-order valence-electron chi connectivity index (χ3n) is 3.10. The molecule has 2 aromatic rings. The van der Waals surface area contributed by atoms with Crippen molar-refractivity contribution in [2.24, 2.45) is 0 Å². The molecule has 0 bridgehead atoms. The van der Waals surface area contributed by atoms with Crippen LogP contribution in [0.3, 0.4) is 0 Å². The van der Waals surface area contributed by atoms with Crippen LogP contribution in [0.4, 0.5) is 0 Å². The summed E-state index contributed by atoms with van der Waals surface area (Å²) in [6.07, 6.45) is 0.597. The molecule has 0 saturated carbocycles. The maximum atomic E-state index is 11.7. The Labute approximate surface area is 119 Å². The minimum absolute atomic E-state index is 0.296. The zero-order valence-corrected chi connectivity index (χ0v) is 12.6. The molecule has 0 amide bonds. The van der Waals surface area contributed by atoms with E-state index in [0.29, 0.717) is 18.5 Å². The maximum absolute atomic E-state index is 11.7. The molecule has 0 unspecified atom stereocenters. The van der Waals surface area contributed by atoms with Crippen molar-refractivity contribution in [3.8, 4) is 0 Å². The quantitative estimate of drug-likeness (QED) is 0.935. The third-order valence-corrected chi connectivity index (χ3v) is 3.10. The first-order chi connectivity index (χ1) is 9.63. The Hall–Kier alpha value is -2.10. The monoisotopic (exact) mass is 274 g/mol. The minimum Gasteiger partial charge on any atom is -0.297 e. The second-order valence-corrected chi connectivity index (χ2v) is 4.24. The zero-order valence-electron chi connectivity index (χ0n) is 12.6. The molecule has 0 spiro atoms. The molecular weight excluding hydrogens is 252 g/mol. The fourth-order valence-corrected chi connectivity index (χ4v) is 2.07. The normalized spacial score (nSPS) is 9.80. The highest BCUT2D eigenvalue weighted by atomic mass is 16.2. The molecule has 1 heterocycles. The number of aromatic amines is 1. The van der Waals surface area contributed by atoms with E-state index in [-0.39, 0.29) is 11.2 Å². The van der Waals surface area contributed by atoms with Crippen molar-refractivity contribution in [3.63, 3.8) is 0 Å². The predicted molar refractivity (Wildman–Crippen MR) is 82.3 cm³/mol. The summed E-state index contributed by atoms with van der Waals surface area (Å²) in [7, 11) is 0. The molecule has 0 radical (unpaired) electrons. The van der Waals surface area contributed by atoms with Gasteiger partial charge in [0.25, 0.3) is 5.56 Å². The average Bonchev–Trinajstić information content (AvgIpc) is 2.48. The SMILES string of the molecule is CC.CCn1c(Cc2ccccc2)c(C)c(=O)[nH]c1=O. The van der Waals surface area contributed by atoms with Gasteiger partial charge in [0.15, 0.2) is 0 Å². The van der Waals surface area contributed by atoms with Gasteiger partial charge in [0.1, 0.15) is 0 Å². The van der Waals surface area contributed by atoms with Crippen molar-refractivity contribution in [2.45, 2.75) is 40.7 Å². The molecule has 20 heavy (non-hydrogen) atoms. The summed E-state index contributed by atoms with van der Waals surface area (Å²) in [6.45, 7) is 8.20. The zero-order chi connectivity index (χ0) is 15.1. The lowest BCUT2D eigenvalue weighted by atomic mass is 10.1. The van der Waals surface area contributed by atoms with Gasteiger partial charge in [-0.05, 0) is 19.4 Å². The lowest BCUT2D eigenvalue weighted by Gasteiger charge is -2.12. The van der Waals surface area contributed by atoms with Gasteiger partial charge in [-0.15, -0.1) is 0 Å². The summed E-state index contributed by atoms with van der Waals surface area (Å²) < 4.78 is 1.61. The molecule has 108 valence electrons. The number of rotatable bonds is 3. The Balaban J connectivity index is 0.000000956. The van der Waals surface area contributed by atoms with Crippen LogP contribution in [-0.2, 0) is 13.0 Å². The fourth-order valence-electron chi connectivity index (χ4n) is 2.07. The number of aromatic nitrogens is 2. The number of benzene rings is 1. The average molecular weight is 274 g/mol. The second kappa shape index (κ2) is 7.48. The Bertz CT molecular complexity index is 654. The smallest absolute Gasteiger partial charge is 0.297 e. The molecule has 1 aromatic carbocycles. The summed E-state index contributed by atoms with van der Waals surface area (Å²) >= 11 is 0. The Morgan fingerprint density at radius 3 is 2.25 bits per heavy atom. The van der Waals surface area contributed by atoms with Crippen molar-refractivity contribution in [2.75, 3.05) is 0 Å². The second-order valence-electron chi connectivity index (χ2n) is 4.24. The Morgan fingerprint density at radius 2 is 1.70 bits per heavy atom. The van der Waals surface area contributed by atoms with E-state index in [1.807, 2.05) is 51.1 Å². The standard InChI is InChI=1S/C14H16N2O2.C2H6/c1-3-16-12(9-11-7-5-4-6-8-11)10(2)13(17)15-14(16)18;1-2/h4-8H,3,9H2,1-2H3,(H,15,17,18);1-2H3. The first kappa shape index (κ1) is 16.0. The van der Waals surface area contributed by atoms with Gasteiger partial charge in [0.05, 0.1) is 0 Å². The van der Waals surface area contributed by atoms with E-state index in [1.54, 1.807) is 11.5 Å². The van der Waals surface area contributed by atoms with Crippen LogP contribution in [0, 0.1) is 6.92 Å². The topological polar surface area (TPSA) is 54.9 Å². The van der Waals surface area contributed by atoms with Crippen LogP contribution in [-0.4, -0.2) is 9.55 Å². The fraction of sp³-hybridized carbons (Fsp3) is 0.375. The summed E-state index contributed by atoms with van der Waals surface area (Å²) in [6, 6.07) is 9.83. The van der Waals surface area contributed by atoms with Gasteiger partial charge >= 0.3 is 5.69 Å². The van der Waals surface area contributed by atoms with E-state index in [9.17, 15) is 9.59 Å². The molecule has 4 nitrogen and oxygen atoms in total. The molecule has 1 aromatic heterocycles. The first-order valence-corrected chi connectivity index (χ1v) is 7.00. The first-order valence-electron chi connectivity index (χ1n) is 7.00. The lowest BCUT2D eigenvalue weighted by Crippen LogP contribution is -2.34. The molecule has 1 N–H and O–H groups in total.